The summed E-state index contributed by atoms with van der Waals surface area (Å²) in [6, 6.07) is -1.97. The van der Waals surface area contributed by atoms with Gasteiger partial charge in [0.2, 0.25) is 23.6 Å². The Morgan fingerprint density at radius 2 is 1.94 bits per heavy atom. The Kier molecular flexibility index (Phi) is 6.84. The van der Waals surface area contributed by atoms with Crippen molar-refractivity contribution in [3.63, 3.8) is 0 Å². The van der Waals surface area contributed by atoms with Crippen LogP contribution in [0.3, 0.4) is 0 Å². The van der Waals surface area contributed by atoms with E-state index >= 15 is 0 Å². The van der Waals surface area contributed by atoms with Gasteiger partial charge in [0, 0.05) is 25.9 Å². The zero-order valence-corrected chi connectivity index (χ0v) is 20.7. The van der Waals surface area contributed by atoms with Crippen LogP contribution < -0.4 is 16.0 Å². The summed E-state index contributed by atoms with van der Waals surface area (Å²) in [7, 11) is 0. The molecule has 0 aromatic rings. The van der Waals surface area contributed by atoms with Gasteiger partial charge in [-0.15, -0.1) is 6.42 Å². The van der Waals surface area contributed by atoms with Crippen molar-refractivity contribution in [2.45, 2.75) is 78.9 Å². The third-order valence-corrected chi connectivity index (χ3v) is 7.66. The lowest BCUT2D eigenvalue weighted by molar-refractivity contribution is -0.145. The van der Waals surface area contributed by atoms with Gasteiger partial charge in [-0.2, -0.15) is 0 Å². The number of piperidine rings is 2. The summed E-state index contributed by atoms with van der Waals surface area (Å²) in [4.78, 5) is 52.6. The summed E-state index contributed by atoms with van der Waals surface area (Å²) in [5.74, 6) is 1.82. The van der Waals surface area contributed by atoms with E-state index in [1.807, 2.05) is 20.8 Å². The highest BCUT2D eigenvalue weighted by Gasteiger charge is 2.69. The fourth-order valence-electron chi connectivity index (χ4n) is 5.60. The molecule has 182 valence electrons. The normalized spacial score (nSPS) is 29.7. The maximum Gasteiger partial charge on any atom is 0.246 e. The lowest BCUT2D eigenvalue weighted by Crippen LogP contribution is -2.59. The molecular weight excluding hydrogens is 420 g/mol. The van der Waals surface area contributed by atoms with Crippen LogP contribution in [0.15, 0.2) is 0 Å². The zero-order valence-electron chi connectivity index (χ0n) is 20.7. The van der Waals surface area contributed by atoms with Gasteiger partial charge < -0.3 is 20.9 Å². The van der Waals surface area contributed by atoms with Crippen LogP contribution in [0.5, 0.6) is 0 Å². The van der Waals surface area contributed by atoms with Crippen molar-refractivity contribution in [2.75, 3.05) is 13.1 Å². The quantitative estimate of drug-likeness (QED) is 0.517. The zero-order chi connectivity index (χ0) is 24.7. The van der Waals surface area contributed by atoms with Gasteiger partial charge in [0.05, 0.1) is 6.04 Å². The molecule has 6 atom stereocenters. The van der Waals surface area contributed by atoms with Gasteiger partial charge in [-0.1, -0.05) is 40.5 Å². The summed E-state index contributed by atoms with van der Waals surface area (Å²) >= 11 is 0. The van der Waals surface area contributed by atoms with Crippen LogP contribution in [-0.2, 0) is 19.2 Å². The minimum Gasteiger partial charge on any atom is -0.356 e. The van der Waals surface area contributed by atoms with Crippen molar-refractivity contribution in [3.05, 3.63) is 0 Å². The molecule has 2 heterocycles. The van der Waals surface area contributed by atoms with Gasteiger partial charge in [0.1, 0.15) is 12.1 Å². The van der Waals surface area contributed by atoms with Crippen LogP contribution in [0.1, 0.15) is 60.8 Å². The first kappa shape index (κ1) is 25.1. The molecule has 8 nitrogen and oxygen atoms in total. The molecule has 33 heavy (non-hydrogen) atoms. The predicted molar refractivity (Wildman–Crippen MR) is 124 cm³/mol. The molecule has 3 rings (SSSR count). The molecule has 0 aromatic heterocycles. The number of carbonyl (C=O) groups is 4. The minimum atomic E-state index is -0.736. The van der Waals surface area contributed by atoms with Gasteiger partial charge in [0.25, 0.3) is 0 Å². The number of hydrogen-bond acceptors (Lipinski definition) is 4. The number of likely N-dealkylation sites (tertiary alicyclic amines) is 1. The van der Waals surface area contributed by atoms with E-state index in [0.29, 0.717) is 19.5 Å². The van der Waals surface area contributed by atoms with E-state index in [1.54, 1.807) is 4.90 Å². The molecule has 3 aliphatic rings. The second kappa shape index (κ2) is 9.00. The molecule has 2 saturated heterocycles. The highest BCUT2D eigenvalue weighted by Crippen LogP contribution is 2.65. The second-order valence-electron chi connectivity index (χ2n) is 11.5. The van der Waals surface area contributed by atoms with E-state index < -0.39 is 23.5 Å². The third-order valence-electron chi connectivity index (χ3n) is 7.66. The molecule has 1 saturated carbocycles. The molecule has 8 heteroatoms. The largest absolute Gasteiger partial charge is 0.356 e. The van der Waals surface area contributed by atoms with Gasteiger partial charge in [-0.3, -0.25) is 19.2 Å². The van der Waals surface area contributed by atoms with Crippen LogP contribution in [0.2, 0.25) is 0 Å². The lowest BCUT2D eigenvalue weighted by atomic mass is 9.85. The first-order chi connectivity index (χ1) is 15.3. The van der Waals surface area contributed by atoms with E-state index in [0.717, 1.165) is 12.8 Å². The molecule has 0 aromatic carbocycles. The Bertz CT molecular complexity index is 869. The maximum absolute atomic E-state index is 13.6. The van der Waals surface area contributed by atoms with Crippen molar-refractivity contribution in [1.29, 1.82) is 0 Å². The summed E-state index contributed by atoms with van der Waals surface area (Å²) < 4.78 is 0. The Hall–Kier alpha value is -2.56. The third kappa shape index (κ3) is 5.02. The van der Waals surface area contributed by atoms with E-state index in [-0.39, 0.29) is 46.8 Å². The summed E-state index contributed by atoms with van der Waals surface area (Å²) in [5, 5.41) is 8.57. The first-order valence-electron chi connectivity index (χ1n) is 11.9. The van der Waals surface area contributed by atoms with Gasteiger partial charge in [-0.05, 0) is 41.9 Å². The maximum atomic E-state index is 13.6. The molecule has 0 unspecified atom stereocenters. The number of carbonyl (C=O) groups excluding carboxylic acids is 4. The first-order valence-corrected chi connectivity index (χ1v) is 11.9. The van der Waals surface area contributed by atoms with Crippen molar-refractivity contribution in [1.82, 2.24) is 20.9 Å². The standard InChI is InChI=1S/C25H38N4O4/c1-8-16(12-15-10-9-11-26-21(15)31)28-22(32)19-18-17(25(18,6)7)13-29(19)23(33)20(24(3,4)5)27-14(2)30/h1,15-20H,9-13H2,2-7H3,(H,26,31)(H,27,30)(H,28,32)/t15-,16+,17-,18-,19-,20+/m0/s1. The molecule has 4 amide bonds. The van der Waals surface area contributed by atoms with E-state index in [4.69, 9.17) is 6.42 Å². The fraction of sp³-hybridized carbons (Fsp3) is 0.760. The van der Waals surface area contributed by atoms with Crippen molar-refractivity contribution in [3.8, 4) is 12.3 Å². The monoisotopic (exact) mass is 458 g/mol. The predicted octanol–water partition coefficient (Wildman–Crippen LogP) is 1.05. The topological polar surface area (TPSA) is 108 Å². The molecule has 3 fully saturated rings. The van der Waals surface area contributed by atoms with Gasteiger partial charge >= 0.3 is 0 Å². The number of amides is 4. The average molecular weight is 459 g/mol. The van der Waals surface area contributed by atoms with Gasteiger partial charge in [0.15, 0.2) is 0 Å². The van der Waals surface area contributed by atoms with Crippen molar-refractivity contribution < 1.29 is 19.2 Å². The number of nitrogens with zero attached hydrogens (tertiary/aromatic N) is 1. The van der Waals surface area contributed by atoms with Crippen LogP contribution in [0.25, 0.3) is 0 Å². The number of nitrogens with one attached hydrogen (secondary N) is 3. The SMILES string of the molecule is C#C[C@H](C[C@@H]1CCCNC1=O)NC(=O)[C@@H]1[C@@H]2[C@H](CN1C(=O)[C@@H](NC(C)=O)C(C)(C)C)C2(C)C. The average Bonchev–Trinajstić information content (AvgIpc) is 3.06. The molecule has 0 radical (unpaired) electrons. The fourth-order valence-corrected chi connectivity index (χ4v) is 5.60. The van der Waals surface area contributed by atoms with Crippen LogP contribution >= 0.6 is 0 Å². The number of fused-ring (bicyclic) bond motifs is 1. The van der Waals surface area contributed by atoms with Crippen LogP contribution in [-0.4, -0.2) is 59.7 Å². The lowest BCUT2D eigenvalue weighted by Gasteiger charge is -2.37. The molecule has 2 aliphatic heterocycles. The Morgan fingerprint density at radius 3 is 2.48 bits per heavy atom. The van der Waals surface area contributed by atoms with Crippen LogP contribution in [0.4, 0.5) is 0 Å². The second-order valence-corrected chi connectivity index (χ2v) is 11.5. The molecule has 1 aliphatic carbocycles. The number of hydrogen-bond donors (Lipinski definition) is 3. The highest BCUT2D eigenvalue weighted by atomic mass is 16.2. The van der Waals surface area contributed by atoms with E-state index in [2.05, 4.69) is 35.7 Å². The summed E-state index contributed by atoms with van der Waals surface area (Å²) in [6.07, 6.45) is 7.72. The summed E-state index contributed by atoms with van der Waals surface area (Å²) in [5.41, 5.74) is -0.555. The van der Waals surface area contributed by atoms with E-state index in [1.165, 1.54) is 6.92 Å². The minimum absolute atomic E-state index is 0.0277. The smallest absolute Gasteiger partial charge is 0.246 e. The summed E-state index contributed by atoms with van der Waals surface area (Å²) in [6.45, 7) is 12.4. The molecule has 0 spiro atoms. The van der Waals surface area contributed by atoms with Crippen molar-refractivity contribution in [2.24, 2.45) is 28.6 Å². The number of terminal acetylenes is 1. The van der Waals surface area contributed by atoms with E-state index in [9.17, 15) is 19.2 Å². The number of rotatable bonds is 6. The molecule has 0 bridgehead atoms. The van der Waals surface area contributed by atoms with Gasteiger partial charge in [-0.25, -0.2) is 0 Å². The Labute approximate surface area is 197 Å². The Morgan fingerprint density at radius 1 is 1.27 bits per heavy atom. The molecule has 3 N–H and O–H groups in total. The van der Waals surface area contributed by atoms with Crippen molar-refractivity contribution >= 4 is 23.6 Å². The Balaban J connectivity index is 1.78. The highest BCUT2D eigenvalue weighted by molar-refractivity contribution is 5.94. The molecular formula is C25H38N4O4. The van der Waals surface area contributed by atoms with Crippen LogP contribution in [0, 0.1) is 40.9 Å².